The van der Waals surface area contributed by atoms with Crippen LogP contribution in [0, 0.1) is 19.8 Å². The second kappa shape index (κ2) is 5.91. The fourth-order valence-corrected chi connectivity index (χ4v) is 1.77. The summed E-state index contributed by atoms with van der Waals surface area (Å²) in [7, 11) is 2.08. The van der Waals surface area contributed by atoms with Gasteiger partial charge in [-0.2, -0.15) is 0 Å². The Morgan fingerprint density at radius 1 is 1.29 bits per heavy atom. The molecule has 0 fully saturated rings. The second-order valence-electron chi connectivity index (χ2n) is 4.09. The van der Waals surface area contributed by atoms with E-state index in [-0.39, 0.29) is 6.04 Å². The van der Waals surface area contributed by atoms with Crippen molar-refractivity contribution in [1.29, 1.82) is 0 Å². The van der Waals surface area contributed by atoms with Crippen molar-refractivity contribution in [1.82, 2.24) is 9.88 Å². The Hall–Kier alpha value is -2.01. The summed E-state index contributed by atoms with van der Waals surface area (Å²) in [5, 5.41) is 0. The highest BCUT2D eigenvalue weighted by Crippen LogP contribution is 2.25. The van der Waals surface area contributed by atoms with Crippen molar-refractivity contribution < 1.29 is 0 Å². The van der Waals surface area contributed by atoms with Gasteiger partial charge in [0.1, 0.15) is 0 Å². The van der Waals surface area contributed by atoms with Crippen LogP contribution in [0.5, 0.6) is 0 Å². The van der Waals surface area contributed by atoms with Crippen LogP contribution in [0.3, 0.4) is 0 Å². The highest BCUT2D eigenvalue weighted by Gasteiger charge is 2.15. The lowest BCUT2D eigenvalue weighted by Gasteiger charge is -2.27. The lowest BCUT2D eigenvalue weighted by molar-refractivity contribution is 0.380. The maximum absolute atomic E-state index is 4.43. The van der Waals surface area contributed by atoms with Gasteiger partial charge in [0.2, 0.25) is 0 Å². The quantitative estimate of drug-likeness (QED) is 0.684. The number of aromatic nitrogens is 1. The van der Waals surface area contributed by atoms with Gasteiger partial charge in [0.05, 0.1) is 11.7 Å². The lowest BCUT2D eigenvalue weighted by atomic mass is 10.0. The standard InChI is InChI=1S/C13H16N2.C2H2/c1-10-4-6-14-12(8-10)13-9-11(2)5-7-15(13)3;1-2/h4-9,13H,1-3H3;1-2H. The second-order valence-corrected chi connectivity index (χ2v) is 4.09. The van der Waals surface area contributed by atoms with Crippen molar-refractivity contribution >= 4 is 0 Å². The molecule has 2 nitrogen and oxygen atoms in total. The summed E-state index contributed by atoms with van der Waals surface area (Å²) in [5.41, 5.74) is 3.66. The Bertz CT molecular complexity index is 455. The van der Waals surface area contributed by atoms with Crippen molar-refractivity contribution in [3.63, 3.8) is 0 Å². The molecule has 2 rings (SSSR count). The topological polar surface area (TPSA) is 16.1 Å². The first-order chi connectivity index (χ1) is 8.16. The third-order valence-corrected chi connectivity index (χ3v) is 2.67. The molecule has 2 heteroatoms. The van der Waals surface area contributed by atoms with Gasteiger partial charge in [0, 0.05) is 13.2 Å². The van der Waals surface area contributed by atoms with Gasteiger partial charge in [-0.1, -0.05) is 11.6 Å². The number of likely N-dealkylation sites (N-methyl/N-ethyl adjacent to an activating group) is 1. The minimum absolute atomic E-state index is 0.273. The number of rotatable bonds is 1. The van der Waals surface area contributed by atoms with E-state index in [0.717, 1.165) is 5.69 Å². The Balaban J connectivity index is 0.000000686. The fourth-order valence-electron chi connectivity index (χ4n) is 1.77. The molecule has 0 radical (unpaired) electrons. The van der Waals surface area contributed by atoms with E-state index in [9.17, 15) is 0 Å². The average Bonchev–Trinajstić information content (AvgIpc) is 2.35. The molecule has 1 aromatic rings. The van der Waals surface area contributed by atoms with Crippen molar-refractivity contribution in [2.45, 2.75) is 19.9 Å². The summed E-state index contributed by atoms with van der Waals surface area (Å²) in [6, 6.07) is 4.44. The number of hydrogen-bond donors (Lipinski definition) is 0. The highest BCUT2D eigenvalue weighted by molar-refractivity contribution is 5.29. The Kier molecular flexibility index (Phi) is 4.54. The molecule has 0 aliphatic carbocycles. The van der Waals surface area contributed by atoms with Gasteiger partial charge < -0.3 is 4.90 Å². The molecule has 1 aromatic heterocycles. The molecule has 0 bridgehead atoms. The summed E-state index contributed by atoms with van der Waals surface area (Å²) in [4.78, 5) is 6.60. The van der Waals surface area contributed by atoms with E-state index in [1.165, 1.54) is 11.1 Å². The highest BCUT2D eigenvalue weighted by atomic mass is 15.1. The lowest BCUT2D eigenvalue weighted by Crippen LogP contribution is -2.20. The molecule has 1 aliphatic rings. The number of allylic oxidation sites excluding steroid dienone is 2. The van der Waals surface area contributed by atoms with Crippen LogP contribution in [0.4, 0.5) is 0 Å². The molecule has 1 atom stereocenters. The number of aryl methyl sites for hydroxylation is 1. The summed E-state index contributed by atoms with van der Waals surface area (Å²) in [5.74, 6) is 0. The zero-order valence-electron chi connectivity index (χ0n) is 10.6. The molecule has 1 aliphatic heterocycles. The molecule has 0 spiro atoms. The summed E-state index contributed by atoms with van der Waals surface area (Å²) in [6.45, 7) is 4.21. The molecule has 0 saturated carbocycles. The molecule has 1 unspecified atom stereocenters. The van der Waals surface area contributed by atoms with E-state index in [0.29, 0.717) is 0 Å². The van der Waals surface area contributed by atoms with Gasteiger partial charge in [0.15, 0.2) is 0 Å². The van der Waals surface area contributed by atoms with E-state index in [4.69, 9.17) is 0 Å². The van der Waals surface area contributed by atoms with E-state index >= 15 is 0 Å². The SMILES string of the molecule is C#C.CC1=CC(c2cc(C)ccn2)N(C)C=C1. The van der Waals surface area contributed by atoms with Crippen LogP contribution in [0.15, 0.2) is 42.3 Å². The molecule has 0 aromatic carbocycles. The third kappa shape index (κ3) is 3.22. The third-order valence-electron chi connectivity index (χ3n) is 2.67. The van der Waals surface area contributed by atoms with Gasteiger partial charge in [-0.3, -0.25) is 4.98 Å². The zero-order chi connectivity index (χ0) is 12.8. The Labute approximate surface area is 104 Å². The van der Waals surface area contributed by atoms with Gasteiger partial charge in [0.25, 0.3) is 0 Å². The molecule has 0 amide bonds. The Morgan fingerprint density at radius 3 is 2.65 bits per heavy atom. The minimum atomic E-state index is 0.273. The van der Waals surface area contributed by atoms with Crippen molar-refractivity contribution in [2.24, 2.45) is 0 Å². The van der Waals surface area contributed by atoms with Gasteiger partial charge in [-0.25, -0.2) is 0 Å². The minimum Gasteiger partial charge on any atom is -0.368 e. The van der Waals surface area contributed by atoms with Crippen LogP contribution >= 0.6 is 0 Å². The van der Waals surface area contributed by atoms with Crippen molar-refractivity contribution in [2.75, 3.05) is 7.05 Å². The number of hydrogen-bond acceptors (Lipinski definition) is 2. The van der Waals surface area contributed by atoms with E-state index in [1.54, 1.807) is 0 Å². The first kappa shape index (κ1) is 13.1. The smallest absolute Gasteiger partial charge is 0.0894 e. The molecule has 2 heterocycles. The largest absolute Gasteiger partial charge is 0.368 e. The molecular weight excluding hydrogens is 208 g/mol. The van der Waals surface area contributed by atoms with Crippen LogP contribution in [0.2, 0.25) is 0 Å². The predicted octanol–water partition coefficient (Wildman–Crippen LogP) is 3.09. The Morgan fingerprint density at radius 2 is 2.00 bits per heavy atom. The number of nitrogens with zero attached hydrogens (tertiary/aromatic N) is 2. The molecule has 17 heavy (non-hydrogen) atoms. The number of pyridine rings is 1. The maximum atomic E-state index is 4.43. The molecule has 88 valence electrons. The van der Waals surface area contributed by atoms with Crippen LogP contribution in [0.1, 0.15) is 24.2 Å². The van der Waals surface area contributed by atoms with E-state index < -0.39 is 0 Å². The summed E-state index contributed by atoms with van der Waals surface area (Å²) in [6.07, 6.45) is 16.3. The van der Waals surface area contributed by atoms with Crippen LogP contribution in [-0.2, 0) is 0 Å². The molecule has 0 N–H and O–H groups in total. The fraction of sp³-hybridized carbons (Fsp3) is 0.267. The number of terminal acetylenes is 1. The van der Waals surface area contributed by atoms with Crippen molar-refractivity contribution in [3.8, 4) is 12.8 Å². The van der Waals surface area contributed by atoms with Gasteiger partial charge in [-0.05, 0) is 43.8 Å². The average molecular weight is 226 g/mol. The van der Waals surface area contributed by atoms with Crippen molar-refractivity contribution in [3.05, 3.63) is 53.5 Å². The van der Waals surface area contributed by atoms with Gasteiger partial charge >= 0.3 is 0 Å². The first-order valence-corrected chi connectivity index (χ1v) is 5.51. The monoisotopic (exact) mass is 226 g/mol. The van der Waals surface area contributed by atoms with Crippen LogP contribution < -0.4 is 0 Å². The maximum Gasteiger partial charge on any atom is 0.0894 e. The van der Waals surface area contributed by atoms with Crippen LogP contribution in [0.25, 0.3) is 0 Å². The molecular formula is C15H18N2. The summed E-state index contributed by atoms with van der Waals surface area (Å²) >= 11 is 0. The van der Waals surface area contributed by atoms with Crippen LogP contribution in [-0.4, -0.2) is 16.9 Å². The summed E-state index contributed by atoms with van der Waals surface area (Å²) < 4.78 is 0. The zero-order valence-corrected chi connectivity index (χ0v) is 10.6. The predicted molar refractivity (Wildman–Crippen MR) is 72.3 cm³/mol. The van der Waals surface area contributed by atoms with E-state index in [2.05, 4.69) is 68.0 Å². The molecule has 0 saturated heterocycles. The van der Waals surface area contributed by atoms with Gasteiger partial charge in [-0.15, -0.1) is 12.8 Å². The van der Waals surface area contributed by atoms with E-state index in [1.807, 2.05) is 12.3 Å². The first-order valence-electron chi connectivity index (χ1n) is 5.51. The normalized spacial score (nSPS) is 18.1.